The number of benzene rings is 1. The number of rotatable bonds is 11. The lowest BCUT2D eigenvalue weighted by Gasteiger charge is -2.30. The molecule has 33 heavy (non-hydrogen) atoms. The van der Waals surface area contributed by atoms with Gasteiger partial charge < -0.3 is 25.5 Å². The van der Waals surface area contributed by atoms with Gasteiger partial charge in [-0.2, -0.15) is 0 Å². The molecule has 0 radical (unpaired) electrons. The quantitative estimate of drug-likeness (QED) is 0.360. The van der Waals surface area contributed by atoms with E-state index in [2.05, 4.69) is 37.5 Å². The Hall–Kier alpha value is -2.97. The molecule has 8 heteroatoms. The maximum atomic E-state index is 13.2. The fourth-order valence-electron chi connectivity index (χ4n) is 4.39. The molecule has 0 aliphatic heterocycles. The van der Waals surface area contributed by atoms with Gasteiger partial charge in [0.25, 0.3) is 5.91 Å². The van der Waals surface area contributed by atoms with Crippen molar-refractivity contribution >= 4 is 5.91 Å². The molecule has 8 nitrogen and oxygen atoms in total. The molecule has 0 bridgehead atoms. The van der Waals surface area contributed by atoms with Gasteiger partial charge >= 0.3 is 0 Å². The van der Waals surface area contributed by atoms with Crippen LogP contribution in [0.2, 0.25) is 0 Å². The Morgan fingerprint density at radius 1 is 0.939 bits per heavy atom. The number of aromatic amines is 2. The molecule has 1 aliphatic carbocycles. The predicted molar refractivity (Wildman–Crippen MR) is 128 cm³/mol. The minimum Gasteiger partial charge on any atom is -0.347 e. The van der Waals surface area contributed by atoms with Crippen LogP contribution in [0.15, 0.2) is 49.1 Å². The lowest BCUT2D eigenvalue weighted by molar-refractivity contribution is 0.0721. The van der Waals surface area contributed by atoms with Crippen LogP contribution in [0.3, 0.4) is 0 Å². The van der Waals surface area contributed by atoms with Crippen LogP contribution in [-0.4, -0.2) is 49.4 Å². The fraction of sp³-hybridized carbons (Fsp3) is 0.480. The second kappa shape index (κ2) is 11.8. The van der Waals surface area contributed by atoms with E-state index < -0.39 is 0 Å². The van der Waals surface area contributed by atoms with Crippen molar-refractivity contribution in [3.05, 3.63) is 71.8 Å². The maximum Gasteiger partial charge on any atom is 0.254 e. The van der Waals surface area contributed by atoms with Gasteiger partial charge in [0.05, 0.1) is 13.1 Å². The first-order chi connectivity index (χ1) is 16.2. The smallest absolute Gasteiger partial charge is 0.254 e. The molecular weight excluding hydrogens is 414 g/mol. The highest BCUT2D eigenvalue weighted by molar-refractivity contribution is 5.94. The Bertz CT molecular complexity index is 909. The number of hydrogen-bond donors (Lipinski definition) is 4. The van der Waals surface area contributed by atoms with Crippen LogP contribution in [0.5, 0.6) is 0 Å². The van der Waals surface area contributed by atoms with E-state index >= 15 is 0 Å². The molecule has 1 aromatic carbocycles. The van der Waals surface area contributed by atoms with E-state index in [-0.39, 0.29) is 5.91 Å². The molecular formula is C25H35N7O. The number of hydrogen-bond acceptors (Lipinski definition) is 5. The van der Waals surface area contributed by atoms with Crippen molar-refractivity contribution < 1.29 is 4.79 Å². The highest BCUT2D eigenvalue weighted by Crippen LogP contribution is 2.19. The van der Waals surface area contributed by atoms with Crippen molar-refractivity contribution in [2.24, 2.45) is 0 Å². The van der Waals surface area contributed by atoms with Gasteiger partial charge in [-0.05, 0) is 56.3 Å². The fourth-order valence-corrected chi connectivity index (χ4v) is 4.39. The van der Waals surface area contributed by atoms with E-state index in [4.69, 9.17) is 0 Å². The number of carbonyl (C=O) groups is 1. The average molecular weight is 450 g/mol. The summed E-state index contributed by atoms with van der Waals surface area (Å²) in [6, 6.07) is 9.19. The highest BCUT2D eigenvalue weighted by Gasteiger charge is 2.21. The van der Waals surface area contributed by atoms with Crippen molar-refractivity contribution in [1.29, 1.82) is 0 Å². The topological polar surface area (TPSA) is 102 Å². The van der Waals surface area contributed by atoms with Crippen LogP contribution in [0.4, 0.5) is 0 Å². The van der Waals surface area contributed by atoms with Gasteiger partial charge in [-0.25, -0.2) is 9.97 Å². The number of nitrogens with zero attached hydrogens (tertiary/aromatic N) is 3. The molecule has 1 amide bonds. The Kier molecular flexibility index (Phi) is 8.27. The van der Waals surface area contributed by atoms with Crippen LogP contribution < -0.4 is 10.6 Å². The summed E-state index contributed by atoms with van der Waals surface area (Å²) in [5.41, 5.74) is 1.86. The molecule has 0 atom stereocenters. The number of nitrogens with one attached hydrogen (secondary N) is 4. The lowest BCUT2D eigenvalue weighted by atomic mass is 9.91. The molecule has 176 valence electrons. The second-order valence-corrected chi connectivity index (χ2v) is 8.81. The number of carbonyl (C=O) groups excluding carboxylic acids is 1. The molecule has 2 aromatic heterocycles. The zero-order valence-electron chi connectivity index (χ0n) is 19.4. The van der Waals surface area contributed by atoms with Crippen molar-refractivity contribution in [1.82, 2.24) is 35.5 Å². The summed E-state index contributed by atoms with van der Waals surface area (Å²) in [5, 5.41) is 7.34. The van der Waals surface area contributed by atoms with Crippen LogP contribution in [-0.2, 0) is 19.6 Å². The normalized spacial score (nSPS) is 18.3. The van der Waals surface area contributed by atoms with Crippen molar-refractivity contribution in [2.45, 2.75) is 70.7 Å². The van der Waals surface area contributed by atoms with E-state index in [1.807, 2.05) is 24.3 Å². The summed E-state index contributed by atoms with van der Waals surface area (Å²) in [5.74, 6) is 1.45. The maximum absolute atomic E-state index is 13.2. The van der Waals surface area contributed by atoms with Gasteiger partial charge in [0.2, 0.25) is 0 Å². The number of imidazole rings is 2. The van der Waals surface area contributed by atoms with E-state index in [1.54, 1.807) is 29.7 Å². The highest BCUT2D eigenvalue weighted by atomic mass is 16.2. The molecule has 0 spiro atoms. The summed E-state index contributed by atoms with van der Waals surface area (Å²) < 4.78 is 0. The van der Waals surface area contributed by atoms with Gasteiger partial charge in [0, 0.05) is 49.0 Å². The summed E-state index contributed by atoms with van der Waals surface area (Å²) in [7, 11) is 0. The zero-order chi connectivity index (χ0) is 22.9. The van der Waals surface area contributed by atoms with E-state index in [1.165, 1.54) is 37.7 Å². The Labute approximate surface area is 195 Å². The largest absolute Gasteiger partial charge is 0.347 e. The summed E-state index contributed by atoms with van der Waals surface area (Å²) in [4.78, 5) is 29.7. The number of amides is 1. The molecule has 2 heterocycles. The van der Waals surface area contributed by atoms with E-state index in [0.717, 1.165) is 24.7 Å². The minimum atomic E-state index is -0.0415. The summed E-state index contributed by atoms with van der Waals surface area (Å²) in [6.07, 6.45) is 13.0. The van der Waals surface area contributed by atoms with Crippen LogP contribution in [0.25, 0.3) is 0 Å². The third-order valence-electron chi connectivity index (χ3n) is 6.28. The van der Waals surface area contributed by atoms with Crippen LogP contribution >= 0.6 is 0 Å². The van der Waals surface area contributed by atoms with Gasteiger partial charge in [-0.15, -0.1) is 0 Å². The van der Waals surface area contributed by atoms with E-state index in [0.29, 0.717) is 30.7 Å². The molecule has 1 saturated carbocycles. The molecule has 1 aliphatic rings. The lowest BCUT2D eigenvalue weighted by Crippen LogP contribution is -2.39. The monoisotopic (exact) mass is 449 g/mol. The Morgan fingerprint density at radius 2 is 1.52 bits per heavy atom. The minimum absolute atomic E-state index is 0.0415. The molecule has 4 N–H and O–H groups in total. The standard InChI is InChI=1S/C25H35N7O/c1-2-11-26-21-7-9-22(10-8-21)31-16-19-3-5-20(6-4-19)25(33)32(17-23-27-12-13-28-23)18-24-29-14-15-30-24/h3-6,12-15,21-22,26,31H,2,7-11,16-18H2,1H3,(H,27,28)(H,29,30)/t21-,22-. The van der Waals surface area contributed by atoms with Crippen LogP contribution in [0, 0.1) is 0 Å². The SMILES string of the molecule is CCCN[C@H]1CC[C@H](NCc2ccc(C(=O)N(Cc3ncc[nH]3)Cc3ncc[nH]3)cc2)CC1. The zero-order valence-corrected chi connectivity index (χ0v) is 19.4. The third-order valence-corrected chi connectivity index (χ3v) is 6.28. The molecule has 0 saturated heterocycles. The van der Waals surface area contributed by atoms with Crippen molar-refractivity contribution in [3.8, 4) is 0 Å². The average Bonchev–Trinajstić information content (AvgIpc) is 3.56. The second-order valence-electron chi connectivity index (χ2n) is 8.81. The van der Waals surface area contributed by atoms with Gasteiger partial charge in [-0.1, -0.05) is 19.1 Å². The third kappa shape index (κ3) is 6.76. The van der Waals surface area contributed by atoms with Gasteiger partial charge in [0.1, 0.15) is 11.6 Å². The Morgan fingerprint density at radius 3 is 2.03 bits per heavy atom. The van der Waals surface area contributed by atoms with Crippen LogP contribution in [0.1, 0.15) is 66.6 Å². The summed E-state index contributed by atoms with van der Waals surface area (Å²) >= 11 is 0. The van der Waals surface area contributed by atoms with Crippen molar-refractivity contribution in [3.63, 3.8) is 0 Å². The molecule has 0 unspecified atom stereocenters. The first kappa shape index (κ1) is 23.2. The molecule has 4 rings (SSSR count). The number of aromatic nitrogens is 4. The van der Waals surface area contributed by atoms with Gasteiger partial charge in [0.15, 0.2) is 0 Å². The predicted octanol–water partition coefficient (Wildman–Crippen LogP) is 3.38. The Balaban J connectivity index is 1.31. The van der Waals surface area contributed by atoms with Crippen molar-refractivity contribution in [2.75, 3.05) is 6.54 Å². The number of H-pyrrole nitrogens is 2. The van der Waals surface area contributed by atoms with E-state index in [9.17, 15) is 4.79 Å². The first-order valence-corrected chi connectivity index (χ1v) is 12.0. The molecule has 3 aromatic rings. The van der Waals surface area contributed by atoms with Gasteiger partial charge in [-0.3, -0.25) is 4.79 Å². The first-order valence-electron chi connectivity index (χ1n) is 12.0. The summed E-state index contributed by atoms with van der Waals surface area (Å²) in [6.45, 7) is 4.95. The molecule has 1 fully saturated rings.